The number of imidazole rings is 1. The summed E-state index contributed by atoms with van der Waals surface area (Å²) in [6, 6.07) is 5.98. The molecule has 0 N–H and O–H groups in total. The first-order chi connectivity index (χ1) is 10.7. The van der Waals surface area contributed by atoms with Crippen LogP contribution >= 0.6 is 0 Å². The van der Waals surface area contributed by atoms with Crippen molar-refractivity contribution in [3.05, 3.63) is 48.3 Å². The van der Waals surface area contributed by atoms with E-state index in [2.05, 4.69) is 14.9 Å². The van der Waals surface area contributed by atoms with Crippen LogP contribution in [0.25, 0.3) is 0 Å². The molecule has 116 valence electrons. The summed E-state index contributed by atoms with van der Waals surface area (Å²) in [5.74, 6) is 0.533. The number of nitrogens with zero attached hydrogens (tertiary/aromatic N) is 5. The van der Waals surface area contributed by atoms with E-state index in [4.69, 9.17) is 0 Å². The molecule has 6 heteroatoms. The maximum Gasteiger partial charge on any atom is 0.289 e. The van der Waals surface area contributed by atoms with Gasteiger partial charge in [-0.1, -0.05) is 6.07 Å². The van der Waals surface area contributed by atoms with Gasteiger partial charge >= 0.3 is 0 Å². The number of pyridine rings is 1. The normalized spacial score (nSPS) is 16.5. The minimum atomic E-state index is 0.0205. The zero-order chi connectivity index (χ0) is 15.4. The standard InChI is InChI=1S/C16H21N5O/c1-19-10-7-18-15(19)16(22)21-9-4-8-20(11-12-21)13-14-5-2-3-6-17-14/h2-3,5-7,10H,4,8-9,11-13H2,1H3. The minimum absolute atomic E-state index is 0.0205. The van der Waals surface area contributed by atoms with E-state index in [0.717, 1.165) is 44.8 Å². The van der Waals surface area contributed by atoms with Gasteiger partial charge in [0.25, 0.3) is 5.91 Å². The highest BCUT2D eigenvalue weighted by atomic mass is 16.2. The van der Waals surface area contributed by atoms with Gasteiger partial charge in [-0.2, -0.15) is 0 Å². The van der Waals surface area contributed by atoms with Crippen molar-refractivity contribution in [1.82, 2.24) is 24.3 Å². The number of carbonyl (C=O) groups is 1. The Morgan fingerprint density at radius 3 is 2.77 bits per heavy atom. The summed E-state index contributed by atoms with van der Waals surface area (Å²) < 4.78 is 1.78. The molecule has 0 aliphatic carbocycles. The number of aryl methyl sites for hydroxylation is 1. The van der Waals surface area contributed by atoms with Crippen molar-refractivity contribution in [2.45, 2.75) is 13.0 Å². The quantitative estimate of drug-likeness (QED) is 0.853. The van der Waals surface area contributed by atoms with Gasteiger partial charge in [-0.3, -0.25) is 14.7 Å². The lowest BCUT2D eigenvalue weighted by Crippen LogP contribution is -2.36. The zero-order valence-electron chi connectivity index (χ0n) is 12.9. The first-order valence-electron chi connectivity index (χ1n) is 7.63. The molecule has 0 radical (unpaired) electrons. The molecule has 0 spiro atoms. The van der Waals surface area contributed by atoms with Crippen molar-refractivity contribution < 1.29 is 4.79 Å². The summed E-state index contributed by atoms with van der Waals surface area (Å²) in [4.78, 5) is 25.3. The van der Waals surface area contributed by atoms with Crippen molar-refractivity contribution in [2.24, 2.45) is 7.05 Å². The van der Waals surface area contributed by atoms with Crippen LogP contribution in [0.3, 0.4) is 0 Å². The molecule has 0 atom stereocenters. The Labute approximate surface area is 130 Å². The van der Waals surface area contributed by atoms with Gasteiger partial charge in [0.1, 0.15) is 0 Å². The number of carbonyl (C=O) groups excluding carboxylic acids is 1. The topological polar surface area (TPSA) is 54.3 Å². The van der Waals surface area contributed by atoms with Crippen molar-refractivity contribution in [3.8, 4) is 0 Å². The lowest BCUT2D eigenvalue weighted by molar-refractivity contribution is 0.0745. The second-order valence-corrected chi connectivity index (χ2v) is 5.60. The molecule has 0 unspecified atom stereocenters. The van der Waals surface area contributed by atoms with Gasteiger partial charge in [0, 0.05) is 58.4 Å². The number of hydrogen-bond acceptors (Lipinski definition) is 4. The van der Waals surface area contributed by atoms with Crippen LogP contribution in [0.15, 0.2) is 36.8 Å². The van der Waals surface area contributed by atoms with E-state index in [1.165, 1.54) is 0 Å². The van der Waals surface area contributed by atoms with E-state index in [-0.39, 0.29) is 5.91 Å². The van der Waals surface area contributed by atoms with Crippen LogP contribution in [0.2, 0.25) is 0 Å². The van der Waals surface area contributed by atoms with E-state index in [1.807, 2.05) is 36.3 Å². The molecule has 6 nitrogen and oxygen atoms in total. The molecule has 1 aliphatic rings. The van der Waals surface area contributed by atoms with Crippen LogP contribution in [-0.2, 0) is 13.6 Å². The third kappa shape index (κ3) is 3.33. The predicted molar refractivity (Wildman–Crippen MR) is 83.2 cm³/mol. The van der Waals surface area contributed by atoms with Gasteiger partial charge in [0.15, 0.2) is 5.82 Å². The first kappa shape index (κ1) is 14.7. The number of amides is 1. The molecule has 1 amide bonds. The fraction of sp³-hybridized carbons (Fsp3) is 0.438. The highest BCUT2D eigenvalue weighted by Gasteiger charge is 2.22. The minimum Gasteiger partial charge on any atom is -0.335 e. The van der Waals surface area contributed by atoms with Gasteiger partial charge in [-0.25, -0.2) is 4.98 Å². The Kier molecular flexibility index (Phi) is 4.48. The second-order valence-electron chi connectivity index (χ2n) is 5.60. The molecule has 1 fully saturated rings. The van der Waals surface area contributed by atoms with Crippen molar-refractivity contribution in [1.29, 1.82) is 0 Å². The molecule has 0 saturated carbocycles. The molecule has 2 aromatic heterocycles. The maximum absolute atomic E-state index is 12.5. The monoisotopic (exact) mass is 299 g/mol. The average molecular weight is 299 g/mol. The molecule has 22 heavy (non-hydrogen) atoms. The van der Waals surface area contributed by atoms with Crippen molar-refractivity contribution >= 4 is 5.91 Å². The number of hydrogen-bond donors (Lipinski definition) is 0. The van der Waals surface area contributed by atoms with Gasteiger partial charge in [-0.05, 0) is 18.6 Å². The molecule has 1 saturated heterocycles. The molecule has 3 heterocycles. The Hall–Kier alpha value is -2.21. The van der Waals surface area contributed by atoms with Crippen LogP contribution in [0, 0.1) is 0 Å². The Bertz CT molecular complexity index is 624. The Morgan fingerprint density at radius 2 is 2.05 bits per heavy atom. The SMILES string of the molecule is Cn1ccnc1C(=O)N1CCCN(Cc2ccccn2)CC1. The highest BCUT2D eigenvalue weighted by molar-refractivity contribution is 5.90. The largest absolute Gasteiger partial charge is 0.335 e. The summed E-state index contributed by atoms with van der Waals surface area (Å²) in [6.07, 6.45) is 6.27. The van der Waals surface area contributed by atoms with Gasteiger partial charge < -0.3 is 9.47 Å². The van der Waals surface area contributed by atoms with Gasteiger partial charge in [0.05, 0.1) is 5.69 Å². The number of rotatable bonds is 3. The van der Waals surface area contributed by atoms with E-state index in [9.17, 15) is 4.79 Å². The van der Waals surface area contributed by atoms with Crippen LogP contribution in [0.4, 0.5) is 0 Å². The lowest BCUT2D eigenvalue weighted by Gasteiger charge is -2.21. The zero-order valence-corrected chi connectivity index (χ0v) is 12.9. The lowest BCUT2D eigenvalue weighted by atomic mass is 10.3. The molecule has 3 rings (SSSR count). The Balaban J connectivity index is 1.60. The van der Waals surface area contributed by atoms with Crippen LogP contribution in [0.5, 0.6) is 0 Å². The molecular formula is C16H21N5O. The van der Waals surface area contributed by atoms with Gasteiger partial charge in [-0.15, -0.1) is 0 Å². The predicted octanol–water partition coefficient (Wildman–Crippen LogP) is 1.16. The number of aromatic nitrogens is 3. The van der Waals surface area contributed by atoms with Crippen LogP contribution in [-0.4, -0.2) is 56.4 Å². The maximum atomic E-state index is 12.5. The van der Waals surface area contributed by atoms with Crippen molar-refractivity contribution in [2.75, 3.05) is 26.2 Å². The summed E-state index contributed by atoms with van der Waals surface area (Å²) in [5.41, 5.74) is 1.08. The summed E-state index contributed by atoms with van der Waals surface area (Å²) in [5, 5.41) is 0. The molecule has 0 bridgehead atoms. The van der Waals surface area contributed by atoms with E-state index >= 15 is 0 Å². The fourth-order valence-electron chi connectivity index (χ4n) is 2.77. The van der Waals surface area contributed by atoms with Crippen LogP contribution < -0.4 is 0 Å². The van der Waals surface area contributed by atoms with Crippen LogP contribution in [0.1, 0.15) is 22.7 Å². The summed E-state index contributed by atoms with van der Waals surface area (Å²) in [7, 11) is 1.85. The average Bonchev–Trinajstić information content (AvgIpc) is 2.82. The smallest absolute Gasteiger partial charge is 0.289 e. The summed E-state index contributed by atoms with van der Waals surface area (Å²) >= 11 is 0. The first-order valence-corrected chi connectivity index (χ1v) is 7.63. The molecule has 0 aromatic carbocycles. The van der Waals surface area contributed by atoms with E-state index in [0.29, 0.717) is 5.82 Å². The fourth-order valence-corrected chi connectivity index (χ4v) is 2.77. The highest BCUT2D eigenvalue weighted by Crippen LogP contribution is 2.10. The second kappa shape index (κ2) is 6.70. The molecular weight excluding hydrogens is 278 g/mol. The van der Waals surface area contributed by atoms with Crippen molar-refractivity contribution in [3.63, 3.8) is 0 Å². The van der Waals surface area contributed by atoms with E-state index < -0.39 is 0 Å². The third-order valence-electron chi connectivity index (χ3n) is 4.00. The summed E-state index contributed by atoms with van der Waals surface area (Å²) in [6.45, 7) is 4.21. The van der Waals surface area contributed by atoms with E-state index in [1.54, 1.807) is 17.0 Å². The Morgan fingerprint density at radius 1 is 1.14 bits per heavy atom. The molecule has 2 aromatic rings. The molecule has 1 aliphatic heterocycles. The van der Waals surface area contributed by atoms with Gasteiger partial charge in [0.2, 0.25) is 0 Å². The third-order valence-corrected chi connectivity index (χ3v) is 4.00.